The maximum absolute atomic E-state index is 12.6. The smallest absolute Gasteiger partial charge is 0.433 e. The van der Waals surface area contributed by atoms with Crippen LogP contribution in [0.3, 0.4) is 0 Å². The molecule has 258 valence electrons. The number of anilines is 1. The molecule has 1 aliphatic heterocycles. The fourth-order valence-electron chi connectivity index (χ4n) is 6.68. The number of aliphatic hydroxyl groups is 2. The molecule has 1 fully saturated rings. The molecule has 0 amide bonds. The molecule has 11 nitrogen and oxygen atoms in total. The van der Waals surface area contributed by atoms with E-state index in [1.165, 1.54) is 0 Å². The second-order valence-corrected chi connectivity index (χ2v) is 17.9. The average Bonchev–Trinajstić information content (AvgIpc) is 3.52. The highest BCUT2D eigenvalue weighted by molar-refractivity contribution is 7.72. The van der Waals surface area contributed by atoms with E-state index in [0.29, 0.717) is 25.8 Å². The van der Waals surface area contributed by atoms with E-state index < -0.39 is 49.5 Å². The molecule has 48 heavy (non-hydrogen) atoms. The van der Waals surface area contributed by atoms with Crippen molar-refractivity contribution in [2.75, 3.05) is 38.4 Å². The predicted octanol–water partition coefficient (Wildman–Crippen LogP) is 4.63. The van der Waals surface area contributed by atoms with Gasteiger partial charge in [0.05, 0.1) is 12.0 Å². The summed E-state index contributed by atoms with van der Waals surface area (Å²) in [7, 11) is 0. The topological polar surface area (TPSA) is 158 Å². The monoisotopic (exact) mass is 678 g/mol. The summed E-state index contributed by atoms with van der Waals surface area (Å²) in [4.78, 5) is 34.0. The van der Waals surface area contributed by atoms with Crippen molar-refractivity contribution in [1.29, 1.82) is 0 Å². The predicted molar refractivity (Wildman–Crippen MR) is 187 cm³/mol. The highest BCUT2D eigenvalue weighted by Crippen LogP contribution is 2.45. The van der Waals surface area contributed by atoms with E-state index in [-0.39, 0.29) is 29.9 Å². The lowest BCUT2D eigenvalue weighted by atomic mass is 9.98. The van der Waals surface area contributed by atoms with Gasteiger partial charge in [-0.2, -0.15) is 4.98 Å². The minimum atomic E-state index is -1.38. The van der Waals surface area contributed by atoms with Gasteiger partial charge in [0.2, 0.25) is 5.62 Å². The van der Waals surface area contributed by atoms with Crippen molar-refractivity contribution in [3.8, 4) is 11.1 Å². The first-order valence-corrected chi connectivity index (χ1v) is 19.5. The summed E-state index contributed by atoms with van der Waals surface area (Å²) in [6.45, 7) is 7.04. The summed E-state index contributed by atoms with van der Waals surface area (Å²) >= 11 is 0. The second kappa shape index (κ2) is 15.2. The third-order valence-corrected chi connectivity index (χ3v) is 10.5. The molecular formula is C36H47N4O7P. The van der Waals surface area contributed by atoms with Gasteiger partial charge >= 0.3 is 12.1 Å². The number of carbonyl (C=O) groups excluding carboxylic acids is 2. The summed E-state index contributed by atoms with van der Waals surface area (Å²) < 4.78 is 18.2. The minimum Gasteiger partial charge on any atom is -0.433 e. The number of aromatic nitrogens is 2. The highest BCUT2D eigenvalue weighted by atomic mass is 31.2. The number of nitrogens with two attached hydrogens (primary N) is 1. The van der Waals surface area contributed by atoms with Gasteiger partial charge in [-0.05, 0) is 66.6 Å². The van der Waals surface area contributed by atoms with Crippen LogP contribution in [0.15, 0.2) is 65.8 Å². The highest BCUT2D eigenvalue weighted by Gasteiger charge is 2.46. The Morgan fingerprint density at radius 2 is 1.69 bits per heavy atom. The molecule has 0 saturated carbocycles. The second-order valence-electron chi connectivity index (χ2n) is 13.6. The Labute approximate surface area is 281 Å². The number of fused-ring (bicyclic) bond motifs is 3. The molecular weight excluding hydrogens is 631 g/mol. The number of ether oxygens (including phenoxy) is 3. The van der Waals surface area contributed by atoms with Crippen LogP contribution in [0.2, 0.25) is 0 Å². The van der Waals surface area contributed by atoms with Crippen LogP contribution in [-0.4, -0.2) is 89.1 Å². The van der Waals surface area contributed by atoms with E-state index in [1.54, 1.807) is 23.8 Å². The normalized spacial score (nSPS) is 22.2. The summed E-state index contributed by atoms with van der Waals surface area (Å²) in [5, 5.41) is 21.7. The van der Waals surface area contributed by atoms with Gasteiger partial charge in [-0.3, -0.25) is 14.4 Å². The number of benzene rings is 2. The zero-order valence-electron chi connectivity index (χ0n) is 28.1. The summed E-state index contributed by atoms with van der Waals surface area (Å²) in [5.74, 6) is -1.02. The van der Waals surface area contributed by atoms with E-state index in [1.807, 2.05) is 43.3 Å². The molecule has 2 aromatic carbocycles. The van der Waals surface area contributed by atoms with Gasteiger partial charge in [-0.15, -0.1) is 13.2 Å². The Balaban J connectivity index is 1.10. The molecule has 0 spiro atoms. The molecule has 6 atom stereocenters. The van der Waals surface area contributed by atoms with Crippen molar-refractivity contribution in [3.63, 3.8) is 0 Å². The summed E-state index contributed by atoms with van der Waals surface area (Å²) in [6.07, 6.45) is 3.79. The number of esters is 1. The fraction of sp³-hybridized carbons (Fsp3) is 0.472. The van der Waals surface area contributed by atoms with Gasteiger partial charge in [0.15, 0.2) is 6.23 Å². The number of nitrogens with zero attached hydrogens (tertiary/aromatic N) is 3. The fourth-order valence-corrected chi connectivity index (χ4v) is 8.45. The number of aliphatic hydroxyl groups excluding tert-OH is 2. The van der Waals surface area contributed by atoms with Gasteiger partial charge in [0.25, 0.3) is 0 Å². The van der Waals surface area contributed by atoms with Gasteiger partial charge < -0.3 is 30.2 Å². The van der Waals surface area contributed by atoms with Gasteiger partial charge in [-0.25, -0.2) is 4.79 Å². The van der Waals surface area contributed by atoms with Crippen molar-refractivity contribution in [2.45, 2.75) is 63.6 Å². The van der Waals surface area contributed by atoms with Crippen molar-refractivity contribution >= 4 is 31.1 Å². The van der Waals surface area contributed by atoms with Crippen molar-refractivity contribution in [2.24, 2.45) is 16.8 Å². The SMILES string of the molecule is C=P(C)(C)CC(C)[C@H]1O[C@@H](n2ccc(N)nc2=NCCCCC(C)C(=O)OC(=O)OCC2c3ccccc3-c3ccccc32)[C@H](O)[C@@H]1O. The van der Waals surface area contributed by atoms with E-state index in [4.69, 9.17) is 19.9 Å². The number of hydrogen-bond donors (Lipinski definition) is 3. The lowest BCUT2D eigenvalue weighted by Gasteiger charge is -2.26. The lowest BCUT2D eigenvalue weighted by Crippen LogP contribution is -2.37. The van der Waals surface area contributed by atoms with Crippen LogP contribution < -0.4 is 11.4 Å². The molecule has 1 aromatic heterocycles. The zero-order chi connectivity index (χ0) is 34.6. The Kier molecular flexibility index (Phi) is 11.3. The van der Waals surface area contributed by atoms with Gasteiger partial charge in [0.1, 0.15) is 24.6 Å². The summed E-state index contributed by atoms with van der Waals surface area (Å²) in [6, 6.07) is 17.6. The number of hydrogen-bond acceptors (Lipinski definition) is 10. The molecule has 0 radical (unpaired) electrons. The molecule has 2 heterocycles. The maximum Gasteiger partial charge on any atom is 0.516 e. The first-order chi connectivity index (χ1) is 22.8. The molecule has 12 heteroatoms. The molecule has 1 aliphatic carbocycles. The standard InChI is InChI=1S/C36H47N4O7P/c1-22(34(43)47-36(44)45-20-28-26-15-8-6-13-24(26)25-14-7-9-16-27(25)28)12-10-11-18-38-35-39-29(37)17-19-40(35)33-31(42)30(41)32(46-33)23(2)21-48(3,4)5/h6-9,13-17,19,22-23,28,30-33,41-42H,3,10-12,18,20-21H2,1-2,4-5H3,(H2,37,38,39)/t22?,23?,30-,31+,32+,33+/m0/s1. The summed E-state index contributed by atoms with van der Waals surface area (Å²) in [5.41, 5.74) is 10.6. The first kappa shape index (κ1) is 35.5. The molecule has 3 aromatic rings. The third kappa shape index (κ3) is 8.26. The van der Waals surface area contributed by atoms with E-state index in [2.05, 4.69) is 41.7 Å². The van der Waals surface area contributed by atoms with Crippen molar-refractivity contribution in [1.82, 2.24) is 9.55 Å². The largest absolute Gasteiger partial charge is 0.516 e. The Bertz CT molecular complexity index is 1690. The minimum absolute atomic E-state index is 0.000966. The third-order valence-electron chi connectivity index (χ3n) is 8.97. The number of unbranched alkanes of at least 4 members (excludes halogenated alkanes) is 1. The van der Waals surface area contributed by atoms with Crippen LogP contribution in [0.5, 0.6) is 0 Å². The van der Waals surface area contributed by atoms with Crippen LogP contribution in [0.25, 0.3) is 11.1 Å². The zero-order valence-corrected chi connectivity index (χ0v) is 29.0. The van der Waals surface area contributed by atoms with Crippen molar-refractivity contribution < 1.29 is 34.0 Å². The molecule has 2 unspecified atom stereocenters. The molecule has 1 saturated heterocycles. The van der Waals surface area contributed by atoms with Gasteiger partial charge in [0, 0.05) is 18.7 Å². The number of nitrogen functional groups attached to an aromatic ring is 1. The van der Waals surface area contributed by atoms with Crippen molar-refractivity contribution in [3.05, 3.63) is 77.5 Å². The van der Waals surface area contributed by atoms with Crippen LogP contribution >= 0.6 is 6.89 Å². The van der Waals surface area contributed by atoms with Crippen LogP contribution in [0.4, 0.5) is 10.6 Å². The van der Waals surface area contributed by atoms with Crippen LogP contribution in [0.1, 0.15) is 56.4 Å². The quantitative estimate of drug-likeness (QED) is 0.108. The van der Waals surface area contributed by atoms with Gasteiger partial charge in [-0.1, -0.05) is 68.8 Å². The molecule has 2 aliphatic rings. The molecule has 5 rings (SSSR count). The molecule has 4 N–H and O–H groups in total. The van der Waals surface area contributed by atoms with E-state index in [9.17, 15) is 19.8 Å². The van der Waals surface area contributed by atoms with E-state index in [0.717, 1.165) is 28.4 Å². The number of rotatable bonds is 12. The number of carbonyl (C=O) groups is 2. The van der Waals surface area contributed by atoms with Crippen LogP contribution in [0, 0.1) is 11.8 Å². The average molecular weight is 679 g/mol. The first-order valence-electron chi connectivity index (χ1n) is 16.4. The lowest BCUT2D eigenvalue weighted by molar-refractivity contribution is -0.144. The maximum atomic E-state index is 12.6. The van der Waals surface area contributed by atoms with Crippen LogP contribution in [-0.2, 0) is 19.0 Å². The Hall–Kier alpha value is -3.76. The Morgan fingerprint density at radius 3 is 2.33 bits per heavy atom. The molecule has 0 bridgehead atoms. The Morgan fingerprint density at radius 1 is 1.04 bits per heavy atom. The van der Waals surface area contributed by atoms with E-state index >= 15 is 0 Å².